The lowest BCUT2D eigenvalue weighted by molar-refractivity contribution is -0.127. The summed E-state index contributed by atoms with van der Waals surface area (Å²) < 4.78 is 0. The van der Waals surface area contributed by atoms with Gasteiger partial charge in [0.05, 0.1) is 6.04 Å². The maximum atomic E-state index is 12.9. The molecule has 4 N–H and O–H groups in total. The van der Waals surface area contributed by atoms with E-state index in [1.165, 1.54) is 11.3 Å². The molecule has 0 aliphatic carbocycles. The van der Waals surface area contributed by atoms with Crippen molar-refractivity contribution in [3.05, 3.63) is 29.4 Å². The summed E-state index contributed by atoms with van der Waals surface area (Å²) >= 11 is 1.44. The average molecular weight is 446 g/mol. The van der Waals surface area contributed by atoms with Gasteiger partial charge in [-0.25, -0.2) is 4.98 Å². The molecule has 2 rings (SSSR count). The molecule has 0 unspecified atom stereocenters. The molecule has 7 nitrogen and oxygen atoms in total. The Morgan fingerprint density at radius 1 is 1.03 bits per heavy atom. The lowest BCUT2D eigenvalue weighted by Gasteiger charge is -2.22. The van der Waals surface area contributed by atoms with Crippen molar-refractivity contribution in [1.29, 1.82) is 0 Å². The molecule has 0 aliphatic rings. The number of rotatable bonds is 10. The summed E-state index contributed by atoms with van der Waals surface area (Å²) in [5.41, 5.74) is 7.92. The predicted octanol–water partition coefficient (Wildman–Crippen LogP) is 4.17. The number of amides is 2. The molecule has 2 amide bonds. The van der Waals surface area contributed by atoms with E-state index in [0.717, 1.165) is 16.3 Å². The van der Waals surface area contributed by atoms with E-state index in [4.69, 9.17) is 5.73 Å². The third-order valence-electron chi connectivity index (χ3n) is 4.78. The zero-order valence-corrected chi connectivity index (χ0v) is 20.1. The monoisotopic (exact) mass is 445 g/mol. The van der Waals surface area contributed by atoms with Crippen molar-refractivity contribution in [3.63, 3.8) is 0 Å². The van der Waals surface area contributed by atoms with Crippen LogP contribution in [0.4, 0.5) is 5.82 Å². The largest absolute Gasteiger partial charge is 0.343 e. The number of carbonyl (C=O) groups excluding carboxylic acids is 2. The molecular weight excluding hydrogens is 410 g/mol. The van der Waals surface area contributed by atoms with Gasteiger partial charge in [-0.2, -0.15) is 0 Å². The van der Waals surface area contributed by atoms with Gasteiger partial charge in [-0.1, -0.05) is 41.5 Å². The highest BCUT2D eigenvalue weighted by Gasteiger charge is 2.25. The number of hydrogen-bond donors (Lipinski definition) is 3. The van der Waals surface area contributed by atoms with Gasteiger partial charge in [-0.3, -0.25) is 14.6 Å². The molecule has 2 atom stereocenters. The van der Waals surface area contributed by atoms with Crippen LogP contribution in [0.5, 0.6) is 0 Å². The van der Waals surface area contributed by atoms with Crippen molar-refractivity contribution in [1.82, 2.24) is 15.3 Å². The minimum Gasteiger partial charge on any atom is -0.343 e. The number of nitrogens with one attached hydrogen (secondary N) is 2. The summed E-state index contributed by atoms with van der Waals surface area (Å²) in [6, 6.07) is 2.69. The Bertz CT molecular complexity index is 861. The Hall–Kier alpha value is -2.32. The molecule has 0 spiro atoms. The normalized spacial score (nSPS) is 13.5. The Labute approximate surface area is 189 Å². The fraction of sp³-hybridized carbons (Fsp3) is 0.565. The SMILES string of the molecule is CC(C)C[C@H](NC(=O)[C@@H](N)CC(C)C)C(=O)Nc1csc(-c2ccc(C(C)C)nc2)n1. The quantitative estimate of drug-likeness (QED) is 0.508. The van der Waals surface area contributed by atoms with E-state index >= 15 is 0 Å². The van der Waals surface area contributed by atoms with Crippen molar-refractivity contribution >= 4 is 29.0 Å². The summed E-state index contributed by atoms with van der Waals surface area (Å²) in [5, 5.41) is 8.23. The summed E-state index contributed by atoms with van der Waals surface area (Å²) in [7, 11) is 0. The van der Waals surface area contributed by atoms with Crippen LogP contribution in [0.25, 0.3) is 10.6 Å². The van der Waals surface area contributed by atoms with Gasteiger partial charge in [0.2, 0.25) is 11.8 Å². The maximum absolute atomic E-state index is 12.9. The van der Waals surface area contributed by atoms with Crippen molar-refractivity contribution in [2.75, 3.05) is 5.32 Å². The molecule has 0 fully saturated rings. The van der Waals surface area contributed by atoms with Crippen LogP contribution in [-0.2, 0) is 9.59 Å². The molecule has 2 heterocycles. The van der Waals surface area contributed by atoms with E-state index < -0.39 is 12.1 Å². The average Bonchev–Trinajstić information content (AvgIpc) is 3.15. The summed E-state index contributed by atoms with van der Waals surface area (Å²) in [5.74, 6) is 0.771. The van der Waals surface area contributed by atoms with E-state index in [1.54, 1.807) is 11.6 Å². The Kier molecular flexibility index (Phi) is 9.13. The number of thiazole rings is 1. The lowest BCUT2D eigenvalue weighted by atomic mass is 10.0. The van der Waals surface area contributed by atoms with Crippen molar-refractivity contribution in [2.45, 2.75) is 72.4 Å². The molecular formula is C23H35N5O2S. The van der Waals surface area contributed by atoms with Crippen LogP contribution >= 0.6 is 11.3 Å². The molecule has 2 aromatic rings. The molecule has 0 saturated heterocycles. The minimum absolute atomic E-state index is 0.230. The van der Waals surface area contributed by atoms with Gasteiger partial charge in [-0.05, 0) is 42.7 Å². The molecule has 8 heteroatoms. The second-order valence-corrected chi connectivity index (χ2v) is 9.94. The highest BCUT2D eigenvalue weighted by Crippen LogP contribution is 2.26. The number of hydrogen-bond acceptors (Lipinski definition) is 6. The van der Waals surface area contributed by atoms with Crippen LogP contribution in [0.2, 0.25) is 0 Å². The first-order chi connectivity index (χ1) is 14.6. The van der Waals surface area contributed by atoms with Gasteiger partial charge >= 0.3 is 0 Å². The van der Waals surface area contributed by atoms with Gasteiger partial charge in [-0.15, -0.1) is 11.3 Å². The fourth-order valence-electron chi connectivity index (χ4n) is 3.15. The second kappa shape index (κ2) is 11.3. The van der Waals surface area contributed by atoms with E-state index in [9.17, 15) is 9.59 Å². The lowest BCUT2D eigenvalue weighted by Crippen LogP contribution is -2.50. The van der Waals surface area contributed by atoms with E-state index in [1.807, 2.05) is 39.8 Å². The van der Waals surface area contributed by atoms with Gasteiger partial charge < -0.3 is 16.4 Å². The summed E-state index contributed by atoms with van der Waals surface area (Å²) in [4.78, 5) is 34.3. The third kappa shape index (κ3) is 7.70. The van der Waals surface area contributed by atoms with Crippen molar-refractivity contribution < 1.29 is 9.59 Å². The van der Waals surface area contributed by atoms with Crippen molar-refractivity contribution in [2.24, 2.45) is 17.6 Å². The highest BCUT2D eigenvalue weighted by molar-refractivity contribution is 7.13. The number of carbonyl (C=O) groups is 2. The standard InChI is InChI=1S/C23H35N5O2S/c1-13(2)9-17(24)21(29)26-19(10-14(3)4)22(30)27-20-12-31-23(28-20)16-7-8-18(15(5)6)25-11-16/h7-8,11-15,17,19H,9-10,24H2,1-6H3,(H,26,29)(H,27,30)/t17-,19-/m0/s1. The topological polar surface area (TPSA) is 110 Å². The molecule has 2 aromatic heterocycles. The van der Waals surface area contributed by atoms with E-state index in [-0.39, 0.29) is 17.7 Å². The molecule has 0 saturated carbocycles. The molecule has 0 radical (unpaired) electrons. The maximum Gasteiger partial charge on any atom is 0.248 e. The van der Waals surface area contributed by atoms with Crippen LogP contribution < -0.4 is 16.4 Å². The van der Waals surface area contributed by atoms with Crippen molar-refractivity contribution in [3.8, 4) is 10.6 Å². The van der Waals surface area contributed by atoms with Gasteiger partial charge in [0, 0.05) is 22.8 Å². The first kappa shape index (κ1) is 24.9. The number of anilines is 1. The van der Waals surface area contributed by atoms with E-state index in [0.29, 0.717) is 30.5 Å². The second-order valence-electron chi connectivity index (χ2n) is 9.08. The smallest absolute Gasteiger partial charge is 0.248 e. The molecule has 0 aromatic carbocycles. The molecule has 0 bridgehead atoms. The number of nitrogens with zero attached hydrogens (tertiary/aromatic N) is 2. The zero-order valence-electron chi connectivity index (χ0n) is 19.3. The number of pyridine rings is 1. The fourth-order valence-corrected chi connectivity index (χ4v) is 3.89. The Morgan fingerprint density at radius 3 is 2.26 bits per heavy atom. The van der Waals surface area contributed by atoms with Gasteiger partial charge in [0.15, 0.2) is 0 Å². The van der Waals surface area contributed by atoms with Crippen LogP contribution in [0.3, 0.4) is 0 Å². The first-order valence-electron chi connectivity index (χ1n) is 10.9. The van der Waals surface area contributed by atoms with Gasteiger partial charge in [0.1, 0.15) is 16.9 Å². The van der Waals surface area contributed by atoms with Crippen LogP contribution in [0, 0.1) is 11.8 Å². The molecule has 170 valence electrons. The van der Waals surface area contributed by atoms with E-state index in [2.05, 4.69) is 34.4 Å². The Balaban J connectivity index is 2.06. The molecule has 0 aliphatic heterocycles. The zero-order chi connectivity index (χ0) is 23.1. The minimum atomic E-state index is -0.664. The summed E-state index contributed by atoms with van der Waals surface area (Å²) in [6.07, 6.45) is 2.89. The predicted molar refractivity (Wildman–Crippen MR) is 127 cm³/mol. The molecule has 31 heavy (non-hydrogen) atoms. The van der Waals surface area contributed by atoms with Crippen LogP contribution in [0.15, 0.2) is 23.7 Å². The number of nitrogens with two attached hydrogens (primary N) is 1. The number of aromatic nitrogens is 2. The van der Waals surface area contributed by atoms with Crippen LogP contribution in [0.1, 0.15) is 66.0 Å². The highest BCUT2D eigenvalue weighted by atomic mass is 32.1. The first-order valence-corrected chi connectivity index (χ1v) is 11.7. The Morgan fingerprint density at radius 2 is 1.71 bits per heavy atom. The van der Waals surface area contributed by atoms with Gasteiger partial charge in [0.25, 0.3) is 0 Å². The third-order valence-corrected chi connectivity index (χ3v) is 5.67. The summed E-state index contributed by atoms with van der Waals surface area (Å²) in [6.45, 7) is 12.2. The van der Waals surface area contributed by atoms with Crippen LogP contribution in [-0.4, -0.2) is 33.9 Å².